The van der Waals surface area contributed by atoms with Crippen molar-refractivity contribution in [3.05, 3.63) is 42.4 Å². The molecule has 0 aliphatic heterocycles. The van der Waals surface area contributed by atoms with E-state index >= 15 is 0 Å². The van der Waals surface area contributed by atoms with Gasteiger partial charge >= 0.3 is 0 Å². The molecule has 0 amide bonds. The first-order chi connectivity index (χ1) is 10.3. The van der Waals surface area contributed by atoms with Crippen molar-refractivity contribution in [2.75, 3.05) is 0 Å². The van der Waals surface area contributed by atoms with Crippen LogP contribution in [0.5, 0.6) is 0 Å². The van der Waals surface area contributed by atoms with Crippen LogP contribution in [0.1, 0.15) is 52.0 Å². The molecule has 3 rings (SSSR count). The predicted molar refractivity (Wildman–Crippen MR) is 90.2 cm³/mol. The van der Waals surface area contributed by atoms with Gasteiger partial charge in [-0.25, -0.2) is 0 Å². The fraction of sp³-hybridized carbons (Fsp3) is 0.600. The summed E-state index contributed by atoms with van der Waals surface area (Å²) in [7, 11) is 0. The quantitative estimate of drug-likeness (QED) is 0.774. The summed E-state index contributed by atoms with van der Waals surface area (Å²) in [6.45, 7) is 11.3. The predicted octanol–water partition coefficient (Wildman–Crippen LogP) is 5.06. The van der Waals surface area contributed by atoms with E-state index in [2.05, 4.69) is 39.5 Å². The Balaban J connectivity index is 1.96. The molecule has 22 heavy (non-hydrogen) atoms. The number of allylic oxidation sites excluding steroid dienone is 1. The number of rotatable bonds is 2. The Morgan fingerprint density at radius 3 is 2.77 bits per heavy atom. The Kier molecular flexibility index (Phi) is 3.84. The number of aliphatic hydroxyl groups is 1. The summed E-state index contributed by atoms with van der Waals surface area (Å²) in [5.41, 5.74) is 2.55. The summed E-state index contributed by atoms with van der Waals surface area (Å²) in [6.07, 6.45) is 12.0. The number of aliphatic hydroxyl groups excluding tert-OH is 1. The molecular weight excluding hydrogens is 272 g/mol. The molecule has 4 atom stereocenters. The van der Waals surface area contributed by atoms with Crippen molar-refractivity contribution in [2.45, 2.75) is 52.6 Å². The van der Waals surface area contributed by atoms with Crippen LogP contribution in [0.3, 0.4) is 0 Å². The molecular formula is C20H28O2. The first-order valence-corrected chi connectivity index (χ1v) is 8.41. The van der Waals surface area contributed by atoms with Gasteiger partial charge in [-0.3, -0.25) is 0 Å². The first kappa shape index (κ1) is 15.6. The van der Waals surface area contributed by atoms with Gasteiger partial charge in [-0.2, -0.15) is 0 Å². The average molecular weight is 300 g/mol. The molecule has 1 aromatic rings. The second kappa shape index (κ2) is 5.42. The zero-order valence-electron chi connectivity index (χ0n) is 14.0. The Bertz CT molecular complexity index is 567. The molecule has 2 nitrogen and oxygen atoms in total. The molecule has 2 aliphatic rings. The lowest BCUT2D eigenvalue weighted by molar-refractivity contribution is -0.111. The van der Waals surface area contributed by atoms with E-state index in [1.807, 2.05) is 6.07 Å². The maximum absolute atomic E-state index is 10.7. The van der Waals surface area contributed by atoms with Gasteiger partial charge < -0.3 is 9.52 Å². The molecule has 1 N–H and O–H groups in total. The SMILES string of the molecule is C=C1C[C@@H](O)[C@H]2C(C)(C)CCC[C@]2(C)[C@H]1C=Cc1ccoc1. The van der Waals surface area contributed by atoms with E-state index in [4.69, 9.17) is 4.42 Å². The highest BCUT2D eigenvalue weighted by Gasteiger charge is 2.55. The third-order valence-electron chi connectivity index (χ3n) is 6.12. The summed E-state index contributed by atoms with van der Waals surface area (Å²) in [5.74, 6) is 0.661. The molecule has 0 spiro atoms. The molecule has 1 heterocycles. The fourth-order valence-corrected chi connectivity index (χ4v) is 5.35. The van der Waals surface area contributed by atoms with Gasteiger partial charge in [0, 0.05) is 11.5 Å². The zero-order chi connectivity index (χ0) is 16.0. The van der Waals surface area contributed by atoms with Crippen LogP contribution in [-0.2, 0) is 0 Å². The monoisotopic (exact) mass is 300 g/mol. The highest BCUT2D eigenvalue weighted by Crippen LogP contribution is 2.61. The van der Waals surface area contributed by atoms with Crippen molar-refractivity contribution in [2.24, 2.45) is 22.7 Å². The van der Waals surface area contributed by atoms with Gasteiger partial charge in [-0.15, -0.1) is 0 Å². The fourth-order valence-electron chi connectivity index (χ4n) is 5.35. The Labute approximate surface area is 133 Å². The molecule has 2 fully saturated rings. The average Bonchev–Trinajstić information content (AvgIpc) is 2.89. The molecule has 0 bridgehead atoms. The van der Waals surface area contributed by atoms with Crippen molar-refractivity contribution in [3.8, 4) is 0 Å². The van der Waals surface area contributed by atoms with E-state index < -0.39 is 0 Å². The van der Waals surface area contributed by atoms with E-state index in [1.165, 1.54) is 18.4 Å². The van der Waals surface area contributed by atoms with Gasteiger partial charge in [-0.1, -0.05) is 51.5 Å². The minimum Gasteiger partial charge on any atom is -0.472 e. The lowest BCUT2D eigenvalue weighted by Gasteiger charge is -2.59. The van der Waals surface area contributed by atoms with Gasteiger partial charge in [0.05, 0.1) is 18.6 Å². The van der Waals surface area contributed by atoms with E-state index in [1.54, 1.807) is 12.5 Å². The van der Waals surface area contributed by atoms with Crippen LogP contribution < -0.4 is 0 Å². The second-order valence-electron chi connectivity index (χ2n) is 8.15. The van der Waals surface area contributed by atoms with Crippen LogP contribution in [0.25, 0.3) is 6.08 Å². The third kappa shape index (κ3) is 2.48. The van der Waals surface area contributed by atoms with Crippen LogP contribution >= 0.6 is 0 Å². The van der Waals surface area contributed by atoms with E-state index in [9.17, 15) is 5.11 Å². The summed E-state index contributed by atoms with van der Waals surface area (Å²) in [4.78, 5) is 0. The van der Waals surface area contributed by atoms with Crippen LogP contribution in [0.15, 0.2) is 41.2 Å². The van der Waals surface area contributed by atoms with Crippen LogP contribution in [0.4, 0.5) is 0 Å². The number of hydrogen-bond donors (Lipinski definition) is 1. The van der Waals surface area contributed by atoms with Crippen molar-refractivity contribution in [3.63, 3.8) is 0 Å². The van der Waals surface area contributed by atoms with Gasteiger partial charge in [0.1, 0.15) is 0 Å². The molecule has 120 valence electrons. The lowest BCUT2D eigenvalue weighted by Crippen LogP contribution is -2.55. The van der Waals surface area contributed by atoms with E-state index in [-0.39, 0.29) is 16.9 Å². The topological polar surface area (TPSA) is 33.4 Å². The summed E-state index contributed by atoms with van der Waals surface area (Å²) >= 11 is 0. The van der Waals surface area contributed by atoms with Gasteiger partial charge in [-0.05, 0) is 42.1 Å². The van der Waals surface area contributed by atoms with E-state index in [0.717, 1.165) is 18.4 Å². The molecule has 0 saturated heterocycles. The molecule has 2 aliphatic carbocycles. The summed E-state index contributed by atoms with van der Waals surface area (Å²) in [5, 5.41) is 10.7. The second-order valence-corrected chi connectivity index (χ2v) is 8.15. The standard InChI is InChI=1S/C20H28O2/c1-14-12-17(21)18-19(2,3)9-5-10-20(18,4)16(14)7-6-15-8-11-22-13-15/h6-8,11,13,16-18,21H,1,5,9-10,12H2,2-4H3/t16-,17+,18-,20+/m0/s1. The molecule has 0 unspecified atom stereocenters. The molecule has 2 heteroatoms. The Morgan fingerprint density at radius 2 is 2.09 bits per heavy atom. The van der Waals surface area contributed by atoms with Crippen LogP contribution in [0, 0.1) is 22.7 Å². The summed E-state index contributed by atoms with van der Waals surface area (Å²) < 4.78 is 5.15. The van der Waals surface area contributed by atoms with Crippen molar-refractivity contribution in [1.82, 2.24) is 0 Å². The maximum atomic E-state index is 10.7. The van der Waals surface area contributed by atoms with Crippen molar-refractivity contribution < 1.29 is 9.52 Å². The number of furan rings is 1. The third-order valence-corrected chi connectivity index (χ3v) is 6.12. The highest BCUT2D eigenvalue weighted by molar-refractivity contribution is 5.49. The Morgan fingerprint density at radius 1 is 1.32 bits per heavy atom. The normalized spacial score (nSPS) is 38.2. The van der Waals surface area contributed by atoms with Crippen molar-refractivity contribution in [1.29, 1.82) is 0 Å². The molecule has 1 aromatic heterocycles. The van der Waals surface area contributed by atoms with Gasteiger partial charge in [0.15, 0.2) is 0 Å². The zero-order valence-corrected chi connectivity index (χ0v) is 14.0. The van der Waals surface area contributed by atoms with Crippen LogP contribution in [0.2, 0.25) is 0 Å². The number of hydrogen-bond acceptors (Lipinski definition) is 2. The molecule has 2 saturated carbocycles. The summed E-state index contributed by atoms with van der Waals surface area (Å²) in [6, 6.07) is 1.97. The Hall–Kier alpha value is -1.28. The minimum absolute atomic E-state index is 0.0940. The minimum atomic E-state index is -0.258. The van der Waals surface area contributed by atoms with Crippen molar-refractivity contribution >= 4 is 6.08 Å². The lowest BCUT2D eigenvalue weighted by atomic mass is 9.47. The smallest absolute Gasteiger partial charge is 0.0974 e. The largest absolute Gasteiger partial charge is 0.472 e. The highest BCUT2D eigenvalue weighted by atomic mass is 16.3. The molecule has 0 radical (unpaired) electrons. The van der Waals surface area contributed by atoms with Gasteiger partial charge in [0.25, 0.3) is 0 Å². The van der Waals surface area contributed by atoms with Gasteiger partial charge in [0.2, 0.25) is 0 Å². The van der Waals surface area contributed by atoms with E-state index in [0.29, 0.717) is 11.8 Å². The molecule has 0 aromatic carbocycles. The first-order valence-electron chi connectivity index (χ1n) is 8.41. The van der Waals surface area contributed by atoms with Crippen LogP contribution in [-0.4, -0.2) is 11.2 Å². The number of fused-ring (bicyclic) bond motifs is 1. The maximum Gasteiger partial charge on any atom is 0.0974 e.